The molecule has 2 aromatic heterocycles. The first kappa shape index (κ1) is 13.7. The van der Waals surface area contributed by atoms with Crippen LogP contribution in [0, 0.1) is 6.92 Å². The van der Waals surface area contributed by atoms with Crippen LogP contribution < -0.4 is 0 Å². The van der Waals surface area contributed by atoms with Crippen LogP contribution >= 0.6 is 11.3 Å². The van der Waals surface area contributed by atoms with E-state index in [1.165, 1.54) is 0 Å². The summed E-state index contributed by atoms with van der Waals surface area (Å²) in [5.41, 5.74) is 2.55. The van der Waals surface area contributed by atoms with E-state index in [2.05, 4.69) is 15.2 Å². The Bertz CT molecular complexity index is 809. The molecule has 0 aliphatic heterocycles. The number of aromatic hydroxyl groups is 1. The van der Waals surface area contributed by atoms with Gasteiger partial charge in [0.25, 0.3) is 0 Å². The van der Waals surface area contributed by atoms with Crippen molar-refractivity contribution in [3.8, 4) is 5.75 Å². The van der Waals surface area contributed by atoms with Crippen molar-refractivity contribution in [3.05, 3.63) is 47.1 Å². The Morgan fingerprint density at radius 2 is 2.14 bits per heavy atom. The van der Waals surface area contributed by atoms with Gasteiger partial charge in [-0.2, -0.15) is 0 Å². The van der Waals surface area contributed by atoms with Crippen LogP contribution in [0.2, 0.25) is 0 Å². The van der Waals surface area contributed by atoms with Gasteiger partial charge in [-0.3, -0.25) is 4.98 Å². The molecule has 21 heavy (non-hydrogen) atoms. The third kappa shape index (κ3) is 2.64. The highest BCUT2D eigenvalue weighted by atomic mass is 32.1. The van der Waals surface area contributed by atoms with Gasteiger partial charge in [0.2, 0.25) is 0 Å². The fourth-order valence-corrected chi connectivity index (χ4v) is 3.28. The Hall–Kier alpha value is -2.27. The summed E-state index contributed by atoms with van der Waals surface area (Å²) in [6.07, 6.45) is 4.17. The second-order valence-corrected chi connectivity index (χ2v) is 6.02. The Kier molecular flexibility index (Phi) is 3.66. The van der Waals surface area contributed by atoms with Gasteiger partial charge >= 0.3 is 0 Å². The molecule has 0 bridgehead atoms. The van der Waals surface area contributed by atoms with Crippen LogP contribution in [-0.4, -0.2) is 10.1 Å². The number of aromatic nitrogens is 1. The monoisotopic (exact) mass is 297 g/mol. The van der Waals surface area contributed by atoms with Crippen molar-refractivity contribution in [2.45, 2.75) is 20.3 Å². The Morgan fingerprint density at radius 3 is 2.86 bits per heavy atom. The van der Waals surface area contributed by atoms with E-state index in [4.69, 9.17) is 0 Å². The first-order chi connectivity index (χ1) is 10.2. The number of phenolic OH excluding ortho intramolecular Hbond substituents is 1. The molecule has 0 fully saturated rings. The van der Waals surface area contributed by atoms with E-state index >= 15 is 0 Å². The predicted molar refractivity (Wildman–Crippen MR) is 86.0 cm³/mol. The van der Waals surface area contributed by atoms with E-state index < -0.39 is 0 Å². The molecule has 0 amide bonds. The number of thiophene rings is 1. The van der Waals surface area contributed by atoms with Crippen LogP contribution in [0.25, 0.3) is 10.1 Å². The zero-order chi connectivity index (χ0) is 14.8. The molecular formula is C16H15N3OS. The summed E-state index contributed by atoms with van der Waals surface area (Å²) in [6, 6.07) is 7.46. The number of rotatable bonds is 3. The topological polar surface area (TPSA) is 57.8 Å². The highest BCUT2D eigenvalue weighted by Gasteiger charge is 2.13. The number of azo groups is 1. The number of pyridine rings is 1. The lowest BCUT2D eigenvalue weighted by Gasteiger charge is -2.05. The van der Waals surface area contributed by atoms with Gasteiger partial charge in [-0.15, -0.1) is 21.6 Å². The number of fused-ring (bicyclic) bond motifs is 1. The number of nitrogens with zero attached hydrogens (tertiary/aromatic N) is 3. The minimum Gasteiger partial charge on any atom is -0.507 e. The summed E-state index contributed by atoms with van der Waals surface area (Å²) in [5, 5.41) is 19.6. The molecular weight excluding hydrogens is 282 g/mol. The Balaban J connectivity index is 2.16. The molecule has 0 unspecified atom stereocenters. The molecule has 1 N–H and O–H groups in total. The summed E-state index contributed by atoms with van der Waals surface area (Å²) >= 11 is 1.63. The first-order valence-corrected chi connectivity index (χ1v) is 7.57. The maximum Gasteiger partial charge on any atom is 0.124 e. The van der Waals surface area contributed by atoms with Crippen molar-refractivity contribution < 1.29 is 5.11 Å². The molecule has 0 radical (unpaired) electrons. The van der Waals surface area contributed by atoms with Crippen molar-refractivity contribution in [2.75, 3.05) is 0 Å². The first-order valence-electron chi connectivity index (χ1n) is 6.75. The van der Waals surface area contributed by atoms with E-state index in [9.17, 15) is 5.11 Å². The molecule has 5 heteroatoms. The van der Waals surface area contributed by atoms with E-state index in [1.54, 1.807) is 29.8 Å². The van der Waals surface area contributed by atoms with Crippen molar-refractivity contribution >= 4 is 32.8 Å². The molecule has 3 aromatic rings. The molecule has 0 aliphatic carbocycles. The molecule has 3 rings (SSSR count). The van der Waals surface area contributed by atoms with Gasteiger partial charge in [-0.1, -0.05) is 6.92 Å². The molecule has 0 spiro atoms. The molecule has 106 valence electrons. The van der Waals surface area contributed by atoms with Crippen LogP contribution in [0.3, 0.4) is 0 Å². The molecule has 4 nitrogen and oxygen atoms in total. The highest BCUT2D eigenvalue weighted by molar-refractivity contribution is 7.19. The Labute approximate surface area is 126 Å². The minimum atomic E-state index is 0.312. The zero-order valence-electron chi connectivity index (χ0n) is 11.9. The van der Waals surface area contributed by atoms with Gasteiger partial charge in [-0.05, 0) is 43.2 Å². The lowest BCUT2D eigenvalue weighted by Crippen LogP contribution is -1.82. The van der Waals surface area contributed by atoms with Crippen LogP contribution in [-0.2, 0) is 6.42 Å². The van der Waals surface area contributed by atoms with Gasteiger partial charge in [-0.25, -0.2) is 0 Å². The molecule has 1 aromatic carbocycles. The third-order valence-electron chi connectivity index (χ3n) is 3.25. The number of hydrogen-bond acceptors (Lipinski definition) is 5. The van der Waals surface area contributed by atoms with Gasteiger partial charge in [0, 0.05) is 16.5 Å². The lowest BCUT2D eigenvalue weighted by atomic mass is 10.1. The van der Waals surface area contributed by atoms with Crippen LogP contribution in [0.5, 0.6) is 5.75 Å². The standard InChI is InChI=1S/C16H15N3OS/c1-3-11-8-14(20)13-7-10(2)21-16(13)15(11)19-18-12-5-4-6-17-9-12/h4-9,20H,3H2,1-2H3. The maximum absolute atomic E-state index is 10.1. The average molecular weight is 297 g/mol. The molecule has 0 atom stereocenters. The van der Waals surface area contributed by atoms with Crippen molar-refractivity contribution in [2.24, 2.45) is 10.2 Å². The zero-order valence-corrected chi connectivity index (χ0v) is 12.7. The van der Waals surface area contributed by atoms with E-state index in [1.807, 2.05) is 32.0 Å². The van der Waals surface area contributed by atoms with Gasteiger partial charge < -0.3 is 5.11 Å². The summed E-state index contributed by atoms with van der Waals surface area (Å²) in [4.78, 5) is 5.17. The molecule has 0 saturated heterocycles. The van der Waals surface area contributed by atoms with Crippen LogP contribution in [0.15, 0.2) is 46.9 Å². The summed E-state index contributed by atoms with van der Waals surface area (Å²) in [7, 11) is 0. The molecule has 2 heterocycles. The quantitative estimate of drug-likeness (QED) is 0.668. The number of hydrogen-bond donors (Lipinski definition) is 1. The smallest absolute Gasteiger partial charge is 0.124 e. The molecule has 0 saturated carbocycles. The summed E-state index contributed by atoms with van der Waals surface area (Å²) in [6.45, 7) is 4.07. The fraction of sp³-hybridized carbons (Fsp3) is 0.188. The fourth-order valence-electron chi connectivity index (χ4n) is 2.24. The highest BCUT2D eigenvalue weighted by Crippen LogP contribution is 2.42. The maximum atomic E-state index is 10.1. The summed E-state index contributed by atoms with van der Waals surface area (Å²) in [5.74, 6) is 0.312. The lowest BCUT2D eigenvalue weighted by molar-refractivity contribution is 0.481. The van der Waals surface area contributed by atoms with E-state index in [-0.39, 0.29) is 0 Å². The number of aryl methyl sites for hydroxylation is 2. The number of phenols is 1. The number of benzene rings is 1. The minimum absolute atomic E-state index is 0.312. The van der Waals surface area contributed by atoms with E-state index in [0.717, 1.165) is 32.6 Å². The average Bonchev–Trinajstić information content (AvgIpc) is 2.89. The van der Waals surface area contributed by atoms with Gasteiger partial charge in [0.05, 0.1) is 10.9 Å². The van der Waals surface area contributed by atoms with Crippen molar-refractivity contribution in [1.82, 2.24) is 4.98 Å². The SMILES string of the molecule is CCc1cc(O)c2cc(C)sc2c1N=Nc1cccnc1. The van der Waals surface area contributed by atoms with Crippen LogP contribution in [0.4, 0.5) is 11.4 Å². The Morgan fingerprint density at radius 1 is 1.29 bits per heavy atom. The van der Waals surface area contributed by atoms with Crippen LogP contribution in [0.1, 0.15) is 17.4 Å². The van der Waals surface area contributed by atoms with Gasteiger partial charge in [0.15, 0.2) is 0 Å². The van der Waals surface area contributed by atoms with Gasteiger partial charge in [0.1, 0.15) is 17.1 Å². The normalized spacial score (nSPS) is 11.5. The predicted octanol–water partition coefficient (Wildman–Crippen LogP) is 5.29. The van der Waals surface area contributed by atoms with Crippen molar-refractivity contribution in [1.29, 1.82) is 0 Å². The molecule has 0 aliphatic rings. The third-order valence-corrected chi connectivity index (χ3v) is 4.31. The van der Waals surface area contributed by atoms with E-state index in [0.29, 0.717) is 11.4 Å². The van der Waals surface area contributed by atoms with Crippen molar-refractivity contribution in [3.63, 3.8) is 0 Å². The largest absolute Gasteiger partial charge is 0.507 e. The second kappa shape index (κ2) is 5.61. The second-order valence-electron chi connectivity index (χ2n) is 4.77. The summed E-state index contributed by atoms with van der Waals surface area (Å²) < 4.78 is 0.983.